The summed E-state index contributed by atoms with van der Waals surface area (Å²) in [4.78, 5) is 11.7. The van der Waals surface area contributed by atoms with E-state index in [2.05, 4.69) is 12.2 Å². The number of hydrogen-bond acceptors (Lipinski definition) is 2. The molecule has 1 aliphatic carbocycles. The van der Waals surface area contributed by atoms with E-state index >= 15 is 0 Å². The molecule has 2 nitrogen and oxygen atoms in total. The summed E-state index contributed by atoms with van der Waals surface area (Å²) < 4.78 is 0. The molecule has 1 N–H and O–H groups in total. The average molecular weight is 195 g/mol. The van der Waals surface area contributed by atoms with Crippen LogP contribution in [0.4, 0.5) is 0 Å². The Morgan fingerprint density at radius 2 is 2.00 bits per heavy atom. The van der Waals surface area contributed by atoms with Gasteiger partial charge >= 0.3 is 0 Å². The molecule has 14 heavy (non-hydrogen) atoms. The Morgan fingerprint density at radius 1 is 1.29 bits per heavy atom. The number of piperidine rings is 1. The first-order valence-electron chi connectivity index (χ1n) is 5.90. The van der Waals surface area contributed by atoms with Crippen LogP contribution in [-0.4, -0.2) is 17.9 Å². The number of carbonyl (C=O) groups is 1. The second-order valence-electron chi connectivity index (χ2n) is 5.13. The molecule has 0 amide bonds. The molecule has 0 aromatic heterocycles. The Labute approximate surface area is 86.5 Å². The van der Waals surface area contributed by atoms with Gasteiger partial charge in [-0.05, 0) is 45.1 Å². The van der Waals surface area contributed by atoms with Crippen molar-refractivity contribution in [2.45, 2.75) is 51.5 Å². The lowest BCUT2D eigenvalue weighted by Crippen LogP contribution is -2.60. The van der Waals surface area contributed by atoms with Gasteiger partial charge in [-0.15, -0.1) is 0 Å². The van der Waals surface area contributed by atoms with Crippen LogP contribution in [0.5, 0.6) is 0 Å². The molecule has 1 aliphatic heterocycles. The van der Waals surface area contributed by atoms with Crippen molar-refractivity contribution in [3.05, 3.63) is 0 Å². The van der Waals surface area contributed by atoms with E-state index in [-0.39, 0.29) is 5.54 Å². The highest BCUT2D eigenvalue weighted by Gasteiger charge is 2.45. The molecule has 1 saturated heterocycles. The van der Waals surface area contributed by atoms with Crippen LogP contribution in [0.15, 0.2) is 0 Å². The average Bonchev–Trinajstić information content (AvgIpc) is 2.18. The number of carbonyl (C=O) groups excluding carboxylic acids is 1. The zero-order valence-electron chi connectivity index (χ0n) is 9.31. The smallest absolute Gasteiger partial charge is 0.149 e. The Hall–Kier alpha value is -0.370. The predicted octanol–water partition coefficient (Wildman–Crippen LogP) is 2.13. The van der Waals surface area contributed by atoms with Gasteiger partial charge in [0.2, 0.25) is 0 Å². The van der Waals surface area contributed by atoms with Crippen LogP contribution in [0.3, 0.4) is 0 Å². The molecule has 3 atom stereocenters. The van der Waals surface area contributed by atoms with Crippen LogP contribution in [0, 0.1) is 11.8 Å². The third-order valence-electron chi connectivity index (χ3n) is 4.39. The number of fused-ring (bicyclic) bond motifs is 1. The first kappa shape index (κ1) is 10.2. The van der Waals surface area contributed by atoms with E-state index in [4.69, 9.17) is 0 Å². The summed E-state index contributed by atoms with van der Waals surface area (Å²) in [6.07, 6.45) is 6.54. The lowest BCUT2D eigenvalue weighted by atomic mass is 9.64. The van der Waals surface area contributed by atoms with Gasteiger partial charge in [-0.1, -0.05) is 19.3 Å². The third-order valence-corrected chi connectivity index (χ3v) is 4.39. The molecule has 0 bridgehead atoms. The summed E-state index contributed by atoms with van der Waals surface area (Å²) in [5.41, 5.74) is -0.219. The second kappa shape index (κ2) is 3.65. The Balaban J connectivity index is 2.20. The van der Waals surface area contributed by atoms with E-state index in [1.54, 1.807) is 6.92 Å². The first-order valence-corrected chi connectivity index (χ1v) is 5.90. The summed E-state index contributed by atoms with van der Waals surface area (Å²) in [6, 6.07) is 0. The van der Waals surface area contributed by atoms with Gasteiger partial charge in [0.25, 0.3) is 0 Å². The fourth-order valence-corrected chi connectivity index (χ4v) is 3.35. The fraction of sp³-hybridized carbons (Fsp3) is 0.917. The summed E-state index contributed by atoms with van der Waals surface area (Å²) in [6.45, 7) is 4.87. The molecule has 0 radical (unpaired) electrons. The quantitative estimate of drug-likeness (QED) is 0.694. The molecule has 0 aromatic rings. The molecule has 2 rings (SSSR count). The van der Waals surface area contributed by atoms with Crippen molar-refractivity contribution in [1.82, 2.24) is 5.32 Å². The lowest BCUT2D eigenvalue weighted by Gasteiger charge is -2.47. The van der Waals surface area contributed by atoms with Gasteiger partial charge in [0.1, 0.15) is 5.78 Å². The lowest BCUT2D eigenvalue weighted by molar-refractivity contribution is -0.128. The van der Waals surface area contributed by atoms with Crippen LogP contribution in [-0.2, 0) is 4.79 Å². The van der Waals surface area contributed by atoms with Crippen LogP contribution >= 0.6 is 0 Å². The second-order valence-corrected chi connectivity index (χ2v) is 5.13. The van der Waals surface area contributed by atoms with Gasteiger partial charge in [-0.3, -0.25) is 4.79 Å². The van der Waals surface area contributed by atoms with E-state index in [0.29, 0.717) is 11.7 Å². The number of rotatable bonds is 1. The highest BCUT2D eigenvalue weighted by Crippen LogP contribution is 2.41. The van der Waals surface area contributed by atoms with E-state index in [1.165, 1.54) is 32.1 Å². The zero-order valence-corrected chi connectivity index (χ0v) is 9.31. The van der Waals surface area contributed by atoms with Crippen molar-refractivity contribution in [3.8, 4) is 0 Å². The highest BCUT2D eigenvalue weighted by atomic mass is 16.1. The normalized spacial score (nSPS) is 43.0. The number of nitrogens with one attached hydrogen (secondary N) is 1. The van der Waals surface area contributed by atoms with Crippen LogP contribution in [0.2, 0.25) is 0 Å². The van der Waals surface area contributed by atoms with Gasteiger partial charge in [-0.25, -0.2) is 0 Å². The molecular weight excluding hydrogens is 174 g/mol. The molecule has 2 heteroatoms. The van der Waals surface area contributed by atoms with Crippen LogP contribution in [0.1, 0.15) is 46.0 Å². The maximum Gasteiger partial charge on any atom is 0.149 e. The number of ketones is 1. The van der Waals surface area contributed by atoms with E-state index in [1.807, 2.05) is 0 Å². The minimum absolute atomic E-state index is 0.219. The standard InChI is InChI=1S/C12H21NO/c1-9(14)12(2)11-6-4-3-5-10(11)7-8-13-12/h10-11,13H,3-8H2,1-2H3. The van der Waals surface area contributed by atoms with Crippen molar-refractivity contribution >= 4 is 5.78 Å². The molecule has 2 fully saturated rings. The molecular formula is C12H21NO. The van der Waals surface area contributed by atoms with Crippen LogP contribution < -0.4 is 5.32 Å². The van der Waals surface area contributed by atoms with Gasteiger partial charge in [0, 0.05) is 0 Å². The van der Waals surface area contributed by atoms with Gasteiger partial charge < -0.3 is 5.32 Å². The molecule has 1 saturated carbocycles. The maximum absolute atomic E-state index is 11.7. The van der Waals surface area contributed by atoms with Crippen molar-refractivity contribution in [2.75, 3.05) is 6.54 Å². The maximum atomic E-state index is 11.7. The van der Waals surface area contributed by atoms with Gasteiger partial charge in [0.15, 0.2) is 0 Å². The summed E-state index contributed by atoms with van der Waals surface area (Å²) in [5, 5.41) is 3.44. The topological polar surface area (TPSA) is 29.1 Å². The van der Waals surface area contributed by atoms with E-state index < -0.39 is 0 Å². The van der Waals surface area contributed by atoms with Crippen LogP contribution in [0.25, 0.3) is 0 Å². The monoisotopic (exact) mass is 195 g/mol. The molecule has 0 spiro atoms. The van der Waals surface area contributed by atoms with Crippen molar-refractivity contribution < 1.29 is 4.79 Å². The van der Waals surface area contributed by atoms with Crippen molar-refractivity contribution in [2.24, 2.45) is 11.8 Å². The van der Waals surface area contributed by atoms with E-state index in [9.17, 15) is 4.79 Å². The minimum Gasteiger partial charge on any atom is -0.305 e. The number of hydrogen-bond donors (Lipinski definition) is 1. The van der Waals surface area contributed by atoms with Gasteiger partial charge in [-0.2, -0.15) is 0 Å². The predicted molar refractivity (Wildman–Crippen MR) is 57.2 cm³/mol. The molecule has 3 unspecified atom stereocenters. The summed E-state index contributed by atoms with van der Waals surface area (Å²) >= 11 is 0. The minimum atomic E-state index is -0.219. The number of Topliss-reactive ketones (excluding diaryl/α,β-unsaturated/α-hetero) is 1. The molecule has 1 heterocycles. The third kappa shape index (κ3) is 1.50. The Kier molecular flexibility index (Phi) is 2.65. The van der Waals surface area contributed by atoms with Gasteiger partial charge in [0.05, 0.1) is 5.54 Å². The van der Waals surface area contributed by atoms with Crippen molar-refractivity contribution in [1.29, 1.82) is 0 Å². The zero-order chi connectivity index (χ0) is 10.2. The molecule has 2 aliphatic rings. The Morgan fingerprint density at radius 3 is 2.71 bits per heavy atom. The van der Waals surface area contributed by atoms with E-state index in [0.717, 1.165) is 12.5 Å². The first-order chi connectivity index (χ1) is 6.64. The fourth-order valence-electron chi connectivity index (χ4n) is 3.35. The largest absolute Gasteiger partial charge is 0.305 e. The molecule has 0 aromatic carbocycles. The highest BCUT2D eigenvalue weighted by molar-refractivity contribution is 5.86. The van der Waals surface area contributed by atoms with Crippen molar-refractivity contribution in [3.63, 3.8) is 0 Å². The SMILES string of the molecule is CC(=O)C1(C)NCCC2CCCCC21. The summed E-state index contributed by atoms with van der Waals surface area (Å²) in [5.74, 6) is 1.73. The summed E-state index contributed by atoms with van der Waals surface area (Å²) in [7, 11) is 0. The Bertz CT molecular complexity index is 236. The molecule has 80 valence electrons.